The molecule has 0 aliphatic carbocycles. The lowest BCUT2D eigenvalue weighted by molar-refractivity contribution is -0.394. The molecule has 0 saturated heterocycles. The molecule has 0 atom stereocenters. The second-order valence-electron chi connectivity index (χ2n) is 6.50. The Morgan fingerprint density at radius 2 is 1.79 bits per heavy atom. The van der Waals surface area contributed by atoms with Gasteiger partial charge in [0.1, 0.15) is 11.5 Å². The first-order valence-electron chi connectivity index (χ1n) is 9.33. The number of amides is 1. The number of carbonyl (C=O) groups is 1. The highest BCUT2D eigenvalue weighted by molar-refractivity contribution is 6.34. The Labute approximate surface area is 201 Å². The molecule has 0 radical (unpaired) electrons. The molecule has 0 heterocycles. The van der Waals surface area contributed by atoms with Gasteiger partial charge in [0, 0.05) is 17.2 Å². The number of nitro groups is 2. The molecule has 11 nitrogen and oxygen atoms in total. The number of rotatable bonds is 9. The van der Waals surface area contributed by atoms with Gasteiger partial charge in [-0.25, -0.2) is 5.43 Å². The Balaban J connectivity index is 1.62. The van der Waals surface area contributed by atoms with Crippen molar-refractivity contribution >= 4 is 46.7 Å². The number of nitrogens with one attached hydrogen (secondary N) is 1. The predicted molar refractivity (Wildman–Crippen MR) is 124 cm³/mol. The maximum absolute atomic E-state index is 11.9. The quantitative estimate of drug-likeness (QED) is 0.241. The van der Waals surface area contributed by atoms with Gasteiger partial charge in [0.25, 0.3) is 11.6 Å². The summed E-state index contributed by atoms with van der Waals surface area (Å²) >= 11 is 11.8. The molecule has 174 valence electrons. The zero-order valence-corrected chi connectivity index (χ0v) is 18.5. The van der Waals surface area contributed by atoms with Gasteiger partial charge >= 0.3 is 5.69 Å². The molecular formula is C21H14Cl2N4O7. The minimum absolute atomic E-state index is 0.171. The summed E-state index contributed by atoms with van der Waals surface area (Å²) in [4.78, 5) is 32.5. The summed E-state index contributed by atoms with van der Waals surface area (Å²) in [7, 11) is 0. The molecule has 0 bridgehead atoms. The van der Waals surface area contributed by atoms with Crippen LogP contribution >= 0.6 is 23.2 Å². The van der Waals surface area contributed by atoms with Crippen LogP contribution < -0.4 is 14.9 Å². The van der Waals surface area contributed by atoms with Gasteiger partial charge in [0.15, 0.2) is 6.61 Å². The molecule has 0 fully saturated rings. The number of nitrogens with zero attached hydrogens (tertiary/aromatic N) is 3. The standard InChI is InChI=1S/C21H14Cl2N4O7/c22-14-4-6-17(23)20(9-14)33-12-21(28)25-24-11-13-2-1-3-16(8-13)34-19-7-5-15(26(29)30)10-18(19)27(31)32/h1-11H,12H2,(H,25,28). The molecule has 3 aromatic carbocycles. The van der Waals surface area contributed by atoms with E-state index in [1.165, 1.54) is 30.5 Å². The molecule has 0 saturated carbocycles. The van der Waals surface area contributed by atoms with Crippen molar-refractivity contribution in [1.29, 1.82) is 0 Å². The van der Waals surface area contributed by atoms with E-state index in [4.69, 9.17) is 32.7 Å². The second-order valence-corrected chi connectivity index (χ2v) is 7.34. The number of ether oxygens (including phenoxy) is 2. The van der Waals surface area contributed by atoms with Gasteiger partial charge in [0.05, 0.1) is 27.2 Å². The van der Waals surface area contributed by atoms with Crippen LogP contribution in [0.15, 0.2) is 65.8 Å². The van der Waals surface area contributed by atoms with E-state index >= 15 is 0 Å². The maximum atomic E-state index is 11.9. The topological polar surface area (TPSA) is 146 Å². The molecule has 0 aliphatic heterocycles. The van der Waals surface area contributed by atoms with E-state index in [0.29, 0.717) is 15.6 Å². The van der Waals surface area contributed by atoms with Crippen LogP contribution in [0.25, 0.3) is 0 Å². The smallest absolute Gasteiger partial charge is 0.318 e. The van der Waals surface area contributed by atoms with Crippen molar-refractivity contribution < 1.29 is 24.1 Å². The summed E-state index contributed by atoms with van der Waals surface area (Å²) in [6.45, 7) is -0.357. The Morgan fingerprint density at radius 3 is 2.53 bits per heavy atom. The largest absolute Gasteiger partial charge is 0.482 e. The van der Waals surface area contributed by atoms with Gasteiger partial charge in [-0.1, -0.05) is 35.3 Å². The Hall–Kier alpha value is -4.22. The Kier molecular flexibility index (Phi) is 7.96. The number of halogens is 2. The van der Waals surface area contributed by atoms with E-state index in [1.54, 1.807) is 18.2 Å². The fourth-order valence-electron chi connectivity index (χ4n) is 2.58. The summed E-state index contributed by atoms with van der Waals surface area (Å²) in [5.41, 5.74) is 1.79. The fraction of sp³-hybridized carbons (Fsp3) is 0.0476. The van der Waals surface area contributed by atoms with Gasteiger partial charge < -0.3 is 9.47 Å². The fourth-order valence-corrected chi connectivity index (χ4v) is 2.91. The Bertz CT molecular complexity index is 1280. The number of non-ortho nitro benzene ring substituents is 1. The first-order valence-corrected chi connectivity index (χ1v) is 10.1. The van der Waals surface area contributed by atoms with E-state index < -0.39 is 27.1 Å². The summed E-state index contributed by atoms with van der Waals surface area (Å²) in [5.74, 6) is -0.263. The van der Waals surface area contributed by atoms with Crippen LogP contribution in [0.2, 0.25) is 10.0 Å². The first-order chi connectivity index (χ1) is 16.2. The van der Waals surface area contributed by atoms with Crippen molar-refractivity contribution in [3.8, 4) is 17.2 Å². The van der Waals surface area contributed by atoms with E-state index in [0.717, 1.165) is 18.2 Å². The molecule has 1 N–H and O–H groups in total. The van der Waals surface area contributed by atoms with Crippen LogP contribution in [-0.2, 0) is 4.79 Å². The number of hydrogen-bond donors (Lipinski definition) is 1. The summed E-state index contributed by atoms with van der Waals surface area (Å²) in [6, 6.07) is 13.9. The highest BCUT2D eigenvalue weighted by atomic mass is 35.5. The highest BCUT2D eigenvalue weighted by Gasteiger charge is 2.21. The van der Waals surface area contributed by atoms with Crippen LogP contribution in [0.1, 0.15) is 5.56 Å². The van der Waals surface area contributed by atoms with Crippen molar-refractivity contribution in [3.05, 3.63) is 96.5 Å². The lowest BCUT2D eigenvalue weighted by atomic mass is 10.2. The number of hydrazone groups is 1. The molecular weight excluding hydrogens is 491 g/mol. The van der Waals surface area contributed by atoms with Crippen LogP contribution in [0.3, 0.4) is 0 Å². The average molecular weight is 505 g/mol. The van der Waals surface area contributed by atoms with Gasteiger partial charge in [-0.05, 0) is 35.9 Å². The average Bonchev–Trinajstić information content (AvgIpc) is 2.80. The third kappa shape index (κ3) is 6.64. The van der Waals surface area contributed by atoms with Crippen LogP contribution in [0.5, 0.6) is 17.2 Å². The SMILES string of the molecule is O=C(COc1cc(Cl)ccc1Cl)NN=Cc1cccc(Oc2ccc([N+](=O)[O-])cc2[N+](=O)[O-])c1. The predicted octanol–water partition coefficient (Wildman–Crippen LogP) is 5.13. The van der Waals surface area contributed by atoms with Crippen LogP contribution in [0.4, 0.5) is 11.4 Å². The number of nitro benzene ring substituents is 2. The van der Waals surface area contributed by atoms with Crippen molar-refractivity contribution in [2.75, 3.05) is 6.61 Å². The summed E-state index contributed by atoms with van der Waals surface area (Å²) in [5, 5.41) is 26.6. The minimum atomic E-state index is -0.776. The molecule has 1 amide bonds. The van der Waals surface area contributed by atoms with E-state index in [9.17, 15) is 25.0 Å². The lowest BCUT2D eigenvalue weighted by Crippen LogP contribution is -2.24. The number of hydrogen-bond acceptors (Lipinski definition) is 8. The molecule has 3 rings (SSSR count). The first kappa shape index (κ1) is 24.4. The minimum Gasteiger partial charge on any atom is -0.482 e. The molecule has 34 heavy (non-hydrogen) atoms. The van der Waals surface area contributed by atoms with Gasteiger partial charge in [-0.2, -0.15) is 5.10 Å². The van der Waals surface area contributed by atoms with Crippen molar-refractivity contribution in [2.24, 2.45) is 5.10 Å². The van der Waals surface area contributed by atoms with Gasteiger partial charge in [-0.15, -0.1) is 0 Å². The van der Waals surface area contributed by atoms with Crippen molar-refractivity contribution in [2.45, 2.75) is 0 Å². The molecule has 3 aromatic rings. The van der Waals surface area contributed by atoms with Crippen molar-refractivity contribution in [3.63, 3.8) is 0 Å². The zero-order chi connectivity index (χ0) is 24.7. The number of carbonyl (C=O) groups excluding carboxylic acids is 1. The zero-order valence-electron chi connectivity index (χ0n) is 17.0. The van der Waals surface area contributed by atoms with Gasteiger partial charge in [-0.3, -0.25) is 25.0 Å². The maximum Gasteiger partial charge on any atom is 0.318 e. The third-order valence-electron chi connectivity index (χ3n) is 4.09. The van der Waals surface area contributed by atoms with E-state index in [-0.39, 0.29) is 23.9 Å². The van der Waals surface area contributed by atoms with Gasteiger partial charge in [0.2, 0.25) is 5.75 Å². The molecule has 0 unspecified atom stereocenters. The summed E-state index contributed by atoms with van der Waals surface area (Å²) < 4.78 is 10.8. The van der Waals surface area contributed by atoms with E-state index in [1.807, 2.05) is 0 Å². The molecule has 0 aliphatic rings. The third-order valence-corrected chi connectivity index (χ3v) is 4.64. The molecule has 0 aromatic heterocycles. The molecule has 13 heteroatoms. The normalized spacial score (nSPS) is 10.6. The second kappa shape index (κ2) is 11.1. The highest BCUT2D eigenvalue weighted by Crippen LogP contribution is 2.34. The van der Waals surface area contributed by atoms with Crippen LogP contribution in [-0.4, -0.2) is 28.6 Å². The summed E-state index contributed by atoms with van der Waals surface area (Å²) in [6.07, 6.45) is 1.32. The van der Waals surface area contributed by atoms with Crippen LogP contribution in [0, 0.1) is 20.2 Å². The lowest BCUT2D eigenvalue weighted by Gasteiger charge is -2.07. The monoisotopic (exact) mass is 504 g/mol. The molecule has 0 spiro atoms. The Morgan fingerprint density at radius 1 is 1.00 bits per heavy atom. The number of benzene rings is 3. The van der Waals surface area contributed by atoms with Crippen molar-refractivity contribution in [1.82, 2.24) is 5.43 Å². The van der Waals surface area contributed by atoms with E-state index in [2.05, 4.69) is 10.5 Å².